The molecule has 5 heteroatoms. The lowest BCUT2D eigenvalue weighted by Gasteiger charge is -2.19. The van der Waals surface area contributed by atoms with Gasteiger partial charge in [-0.25, -0.2) is 4.79 Å². The van der Waals surface area contributed by atoms with E-state index in [0.717, 1.165) is 12.0 Å². The molecule has 0 spiro atoms. The number of aliphatic carboxylic acids is 1. The molecule has 0 aliphatic rings. The Morgan fingerprint density at radius 3 is 2.50 bits per heavy atom. The molecule has 0 saturated heterocycles. The highest BCUT2D eigenvalue weighted by molar-refractivity contribution is 5.75. The summed E-state index contributed by atoms with van der Waals surface area (Å²) >= 11 is 0. The Bertz CT molecular complexity index is 276. The van der Waals surface area contributed by atoms with E-state index in [0.29, 0.717) is 6.54 Å². The first kappa shape index (κ1) is 14.5. The van der Waals surface area contributed by atoms with Gasteiger partial charge in [-0.2, -0.15) is 0 Å². The number of nitrogens with one attached hydrogen (secondary N) is 1. The number of carboxylic acids is 1. The number of nitrogens with zero attached hydrogens (tertiary/aromatic N) is 1. The molecule has 1 atom stereocenters. The Balaban J connectivity index is 3.90. The summed E-state index contributed by atoms with van der Waals surface area (Å²) in [6, 6.07) is -0.255. The highest BCUT2D eigenvalue weighted by atomic mass is 16.4. The van der Waals surface area contributed by atoms with Crippen LogP contribution in [-0.2, 0) is 4.79 Å². The van der Waals surface area contributed by atoms with Crippen LogP contribution < -0.4 is 5.32 Å². The quantitative estimate of drug-likeness (QED) is 0.673. The van der Waals surface area contributed by atoms with Crippen LogP contribution >= 0.6 is 0 Å². The van der Waals surface area contributed by atoms with Crippen LogP contribution in [0.25, 0.3) is 0 Å². The average Bonchev–Trinajstić information content (AvgIpc) is 2.16. The molecular formula is C11H20N2O3. The topological polar surface area (TPSA) is 69.6 Å². The van der Waals surface area contributed by atoms with Crippen molar-refractivity contribution in [2.24, 2.45) is 5.92 Å². The number of hydrogen-bond acceptors (Lipinski definition) is 2. The number of carbonyl (C=O) groups excluding carboxylic acids is 1. The van der Waals surface area contributed by atoms with Gasteiger partial charge in [0.25, 0.3) is 0 Å². The van der Waals surface area contributed by atoms with E-state index >= 15 is 0 Å². The minimum absolute atomic E-state index is 0.203. The van der Waals surface area contributed by atoms with E-state index in [4.69, 9.17) is 5.11 Å². The molecular weight excluding hydrogens is 208 g/mol. The SMILES string of the molecule is C=C(C)CCNC(=O)N(C)CC(C)C(=O)O. The second-order valence-corrected chi connectivity index (χ2v) is 4.06. The van der Waals surface area contributed by atoms with Crippen LogP contribution in [0.2, 0.25) is 0 Å². The smallest absolute Gasteiger partial charge is 0.317 e. The van der Waals surface area contributed by atoms with Crippen LogP contribution in [0.1, 0.15) is 20.3 Å². The largest absolute Gasteiger partial charge is 0.481 e. The van der Waals surface area contributed by atoms with Crippen molar-refractivity contribution in [2.75, 3.05) is 20.1 Å². The van der Waals surface area contributed by atoms with Crippen molar-refractivity contribution < 1.29 is 14.7 Å². The van der Waals surface area contributed by atoms with E-state index in [2.05, 4.69) is 11.9 Å². The Labute approximate surface area is 96.1 Å². The normalized spacial score (nSPS) is 11.7. The van der Waals surface area contributed by atoms with Crippen LogP contribution in [0.3, 0.4) is 0 Å². The first-order valence-electron chi connectivity index (χ1n) is 5.20. The molecule has 0 rings (SSSR count). The zero-order chi connectivity index (χ0) is 12.7. The molecule has 2 amide bonds. The van der Waals surface area contributed by atoms with Crippen LogP contribution in [0.4, 0.5) is 4.79 Å². The third-order valence-corrected chi connectivity index (χ3v) is 2.14. The lowest BCUT2D eigenvalue weighted by molar-refractivity contribution is -0.141. The minimum atomic E-state index is -0.901. The predicted molar refractivity (Wildman–Crippen MR) is 62.3 cm³/mol. The van der Waals surface area contributed by atoms with Crippen molar-refractivity contribution in [3.05, 3.63) is 12.2 Å². The monoisotopic (exact) mass is 228 g/mol. The van der Waals surface area contributed by atoms with E-state index < -0.39 is 11.9 Å². The van der Waals surface area contributed by atoms with Crippen molar-refractivity contribution in [3.63, 3.8) is 0 Å². The summed E-state index contributed by atoms with van der Waals surface area (Å²) in [7, 11) is 1.58. The summed E-state index contributed by atoms with van der Waals surface area (Å²) in [5.74, 6) is -1.46. The molecule has 1 unspecified atom stereocenters. The van der Waals surface area contributed by atoms with E-state index in [1.807, 2.05) is 6.92 Å². The zero-order valence-electron chi connectivity index (χ0n) is 10.1. The summed E-state index contributed by atoms with van der Waals surface area (Å²) in [6.45, 7) is 7.92. The molecule has 0 fully saturated rings. The van der Waals surface area contributed by atoms with E-state index in [1.54, 1.807) is 14.0 Å². The second kappa shape index (κ2) is 6.87. The van der Waals surface area contributed by atoms with Gasteiger partial charge in [0.15, 0.2) is 0 Å². The number of amides is 2. The highest BCUT2D eigenvalue weighted by Gasteiger charge is 2.16. The number of carbonyl (C=O) groups is 2. The number of rotatable bonds is 6. The van der Waals surface area contributed by atoms with Crippen molar-refractivity contribution in [3.8, 4) is 0 Å². The maximum Gasteiger partial charge on any atom is 0.317 e. The molecule has 0 aromatic carbocycles. The van der Waals surface area contributed by atoms with Crippen LogP contribution in [-0.4, -0.2) is 42.1 Å². The molecule has 0 saturated carbocycles. The second-order valence-electron chi connectivity index (χ2n) is 4.06. The van der Waals surface area contributed by atoms with Gasteiger partial charge in [-0.15, -0.1) is 6.58 Å². The summed E-state index contributed by atoms with van der Waals surface area (Å²) in [6.07, 6.45) is 0.730. The zero-order valence-corrected chi connectivity index (χ0v) is 10.1. The molecule has 92 valence electrons. The van der Waals surface area contributed by atoms with Gasteiger partial charge in [0.05, 0.1) is 5.92 Å². The van der Waals surface area contributed by atoms with E-state index in [1.165, 1.54) is 4.90 Å². The van der Waals surface area contributed by atoms with Crippen LogP contribution in [0.15, 0.2) is 12.2 Å². The number of carboxylic acid groups (broad SMARTS) is 1. The van der Waals surface area contributed by atoms with Crippen LogP contribution in [0, 0.1) is 5.92 Å². The lowest BCUT2D eigenvalue weighted by Crippen LogP contribution is -2.41. The summed E-state index contributed by atoms with van der Waals surface area (Å²) in [5.41, 5.74) is 1.00. The molecule has 0 bridgehead atoms. The molecule has 0 aliphatic heterocycles. The third-order valence-electron chi connectivity index (χ3n) is 2.14. The van der Waals surface area contributed by atoms with Gasteiger partial charge < -0.3 is 15.3 Å². The number of urea groups is 1. The van der Waals surface area contributed by atoms with Gasteiger partial charge in [0.1, 0.15) is 0 Å². The average molecular weight is 228 g/mol. The lowest BCUT2D eigenvalue weighted by atomic mass is 10.2. The Kier molecular flexibility index (Phi) is 6.22. The maximum atomic E-state index is 11.5. The Hall–Kier alpha value is -1.52. The van der Waals surface area contributed by atoms with Crippen molar-refractivity contribution in [1.29, 1.82) is 0 Å². The number of hydrogen-bond donors (Lipinski definition) is 2. The first-order valence-corrected chi connectivity index (χ1v) is 5.20. The molecule has 2 N–H and O–H groups in total. The molecule has 5 nitrogen and oxygen atoms in total. The fourth-order valence-electron chi connectivity index (χ4n) is 1.09. The summed E-state index contributed by atoms with van der Waals surface area (Å²) < 4.78 is 0. The molecule has 16 heavy (non-hydrogen) atoms. The summed E-state index contributed by atoms with van der Waals surface area (Å²) in [5, 5.41) is 11.4. The van der Waals surface area contributed by atoms with Gasteiger partial charge in [-0.05, 0) is 13.3 Å². The summed E-state index contributed by atoms with van der Waals surface area (Å²) in [4.78, 5) is 23.4. The van der Waals surface area contributed by atoms with Gasteiger partial charge in [0, 0.05) is 20.1 Å². The third kappa shape index (κ3) is 6.06. The maximum absolute atomic E-state index is 11.5. The van der Waals surface area contributed by atoms with E-state index in [-0.39, 0.29) is 12.6 Å². The fraction of sp³-hybridized carbons (Fsp3) is 0.636. The van der Waals surface area contributed by atoms with Gasteiger partial charge in [-0.1, -0.05) is 12.5 Å². The van der Waals surface area contributed by atoms with E-state index in [9.17, 15) is 9.59 Å². The highest BCUT2D eigenvalue weighted by Crippen LogP contribution is 1.99. The first-order chi connectivity index (χ1) is 7.34. The Morgan fingerprint density at radius 1 is 1.50 bits per heavy atom. The Morgan fingerprint density at radius 2 is 2.06 bits per heavy atom. The van der Waals surface area contributed by atoms with Gasteiger partial charge >= 0.3 is 12.0 Å². The minimum Gasteiger partial charge on any atom is -0.481 e. The molecule has 0 aliphatic carbocycles. The standard InChI is InChI=1S/C11H20N2O3/c1-8(2)5-6-12-11(16)13(4)7-9(3)10(14)15/h9H,1,5-7H2,2-4H3,(H,12,16)(H,14,15). The molecule has 0 aromatic rings. The predicted octanol–water partition coefficient (Wildman–Crippen LogP) is 1.31. The molecule has 0 heterocycles. The van der Waals surface area contributed by atoms with Gasteiger partial charge in [0.2, 0.25) is 0 Å². The van der Waals surface area contributed by atoms with Crippen LogP contribution in [0.5, 0.6) is 0 Å². The molecule has 0 radical (unpaired) electrons. The molecule has 0 aromatic heterocycles. The van der Waals surface area contributed by atoms with Gasteiger partial charge in [-0.3, -0.25) is 4.79 Å². The fourth-order valence-corrected chi connectivity index (χ4v) is 1.09. The van der Waals surface area contributed by atoms with Crippen molar-refractivity contribution in [1.82, 2.24) is 10.2 Å². The van der Waals surface area contributed by atoms with Crippen molar-refractivity contribution >= 4 is 12.0 Å². The van der Waals surface area contributed by atoms with Crippen molar-refractivity contribution in [2.45, 2.75) is 20.3 Å².